The molecule has 7 heteroatoms. The van der Waals surface area contributed by atoms with Gasteiger partial charge in [-0.3, -0.25) is 10.1 Å². The lowest BCUT2D eigenvalue weighted by Gasteiger charge is -2.30. The number of aromatic nitrogens is 2. The molecule has 0 aliphatic carbocycles. The highest BCUT2D eigenvalue weighted by Crippen LogP contribution is 2.39. The number of nitrogens with one attached hydrogen (secondary N) is 1. The molecule has 0 saturated carbocycles. The SMILES string of the molecule is CNc1ncnc(N2CCCc3ccccc32)c1[N+](=O)[O-]. The second-order valence-electron chi connectivity index (χ2n) is 4.79. The van der Waals surface area contributed by atoms with Crippen molar-refractivity contribution in [2.45, 2.75) is 12.8 Å². The Labute approximate surface area is 121 Å². The number of rotatable bonds is 3. The molecule has 3 rings (SSSR count). The van der Waals surface area contributed by atoms with Crippen molar-refractivity contribution in [2.75, 3.05) is 23.8 Å². The van der Waals surface area contributed by atoms with Crippen molar-refractivity contribution in [1.82, 2.24) is 9.97 Å². The first kappa shape index (κ1) is 13.3. The van der Waals surface area contributed by atoms with Crippen LogP contribution in [-0.4, -0.2) is 28.5 Å². The number of nitrogens with zero attached hydrogens (tertiary/aromatic N) is 4. The Morgan fingerprint density at radius 2 is 2.14 bits per heavy atom. The summed E-state index contributed by atoms with van der Waals surface area (Å²) in [7, 11) is 1.61. The van der Waals surface area contributed by atoms with E-state index in [4.69, 9.17) is 0 Å². The predicted molar refractivity (Wildman–Crippen MR) is 80.0 cm³/mol. The molecule has 1 aromatic carbocycles. The fourth-order valence-electron chi connectivity index (χ4n) is 2.67. The van der Waals surface area contributed by atoms with Gasteiger partial charge in [-0.2, -0.15) is 0 Å². The van der Waals surface area contributed by atoms with Gasteiger partial charge in [-0.1, -0.05) is 18.2 Å². The molecule has 0 unspecified atom stereocenters. The third-order valence-corrected chi connectivity index (χ3v) is 3.59. The van der Waals surface area contributed by atoms with Crippen LogP contribution in [0.1, 0.15) is 12.0 Å². The second-order valence-corrected chi connectivity index (χ2v) is 4.79. The lowest BCUT2D eigenvalue weighted by Crippen LogP contribution is -2.26. The van der Waals surface area contributed by atoms with E-state index in [2.05, 4.69) is 15.3 Å². The molecule has 1 aliphatic rings. The molecule has 2 heterocycles. The molecule has 0 fully saturated rings. The minimum atomic E-state index is -0.432. The Morgan fingerprint density at radius 3 is 2.90 bits per heavy atom. The summed E-state index contributed by atoms with van der Waals surface area (Å²) in [5, 5.41) is 14.2. The molecule has 0 spiro atoms. The van der Waals surface area contributed by atoms with E-state index in [0.29, 0.717) is 12.4 Å². The van der Waals surface area contributed by atoms with Gasteiger partial charge in [0.2, 0.25) is 11.6 Å². The number of fused-ring (bicyclic) bond motifs is 1. The van der Waals surface area contributed by atoms with E-state index in [1.807, 2.05) is 29.2 Å². The first-order valence-corrected chi connectivity index (χ1v) is 6.75. The van der Waals surface area contributed by atoms with Gasteiger partial charge in [-0.15, -0.1) is 0 Å². The summed E-state index contributed by atoms with van der Waals surface area (Å²) >= 11 is 0. The van der Waals surface area contributed by atoms with Gasteiger partial charge in [0.05, 0.1) is 4.92 Å². The summed E-state index contributed by atoms with van der Waals surface area (Å²) in [6, 6.07) is 7.94. The number of anilines is 3. The fraction of sp³-hybridized carbons (Fsp3) is 0.286. The number of para-hydroxylation sites is 1. The zero-order valence-corrected chi connectivity index (χ0v) is 11.6. The molecule has 0 radical (unpaired) electrons. The number of nitro groups is 1. The topological polar surface area (TPSA) is 84.2 Å². The van der Waals surface area contributed by atoms with Gasteiger partial charge in [-0.25, -0.2) is 9.97 Å². The van der Waals surface area contributed by atoms with Gasteiger partial charge in [0, 0.05) is 19.3 Å². The third-order valence-electron chi connectivity index (χ3n) is 3.59. The van der Waals surface area contributed by atoms with E-state index in [-0.39, 0.29) is 11.5 Å². The van der Waals surface area contributed by atoms with Crippen molar-refractivity contribution in [2.24, 2.45) is 0 Å². The van der Waals surface area contributed by atoms with Crippen molar-refractivity contribution in [3.05, 3.63) is 46.3 Å². The van der Waals surface area contributed by atoms with Crippen LogP contribution in [0.5, 0.6) is 0 Å². The van der Waals surface area contributed by atoms with E-state index < -0.39 is 4.92 Å². The van der Waals surface area contributed by atoms with Crippen LogP contribution in [-0.2, 0) is 6.42 Å². The summed E-state index contributed by atoms with van der Waals surface area (Å²) in [6.45, 7) is 0.706. The normalized spacial score (nSPS) is 13.7. The van der Waals surface area contributed by atoms with Crippen LogP contribution in [0, 0.1) is 10.1 Å². The number of aryl methyl sites for hydroxylation is 1. The summed E-state index contributed by atoms with van der Waals surface area (Å²) in [6.07, 6.45) is 3.27. The van der Waals surface area contributed by atoms with Crippen molar-refractivity contribution in [3.63, 3.8) is 0 Å². The smallest absolute Gasteiger partial charge is 0.353 e. The van der Waals surface area contributed by atoms with Gasteiger partial charge >= 0.3 is 5.69 Å². The Kier molecular flexibility index (Phi) is 3.39. The monoisotopic (exact) mass is 285 g/mol. The Bertz CT molecular complexity index is 689. The molecule has 108 valence electrons. The van der Waals surface area contributed by atoms with Crippen LogP contribution in [0.25, 0.3) is 0 Å². The third kappa shape index (κ3) is 2.26. The lowest BCUT2D eigenvalue weighted by molar-refractivity contribution is -0.383. The second kappa shape index (κ2) is 5.35. The van der Waals surface area contributed by atoms with Crippen LogP contribution in [0.15, 0.2) is 30.6 Å². The van der Waals surface area contributed by atoms with Gasteiger partial charge in [0.15, 0.2) is 0 Å². The van der Waals surface area contributed by atoms with E-state index >= 15 is 0 Å². The summed E-state index contributed by atoms with van der Waals surface area (Å²) in [5.74, 6) is 0.569. The largest absolute Gasteiger partial charge is 0.367 e. The van der Waals surface area contributed by atoms with Crippen molar-refractivity contribution < 1.29 is 4.92 Å². The fourth-order valence-corrected chi connectivity index (χ4v) is 2.67. The zero-order chi connectivity index (χ0) is 14.8. The first-order chi connectivity index (χ1) is 10.2. The quantitative estimate of drug-likeness (QED) is 0.689. The van der Waals surface area contributed by atoms with Crippen LogP contribution in [0.3, 0.4) is 0 Å². The van der Waals surface area contributed by atoms with Crippen molar-refractivity contribution in [1.29, 1.82) is 0 Å². The van der Waals surface area contributed by atoms with E-state index in [9.17, 15) is 10.1 Å². The molecule has 1 aliphatic heterocycles. The number of benzene rings is 1. The van der Waals surface area contributed by atoms with Crippen LogP contribution >= 0.6 is 0 Å². The maximum atomic E-state index is 11.4. The van der Waals surface area contributed by atoms with Gasteiger partial charge < -0.3 is 10.2 Å². The zero-order valence-electron chi connectivity index (χ0n) is 11.6. The van der Waals surface area contributed by atoms with E-state index in [1.54, 1.807) is 7.05 Å². The van der Waals surface area contributed by atoms with Crippen LogP contribution in [0.4, 0.5) is 23.0 Å². The average Bonchev–Trinajstić information content (AvgIpc) is 2.53. The predicted octanol–water partition coefficient (Wildman–Crippen LogP) is 2.51. The van der Waals surface area contributed by atoms with Gasteiger partial charge in [0.1, 0.15) is 6.33 Å². The lowest BCUT2D eigenvalue weighted by atomic mass is 10.0. The molecule has 0 bridgehead atoms. The Morgan fingerprint density at radius 1 is 1.33 bits per heavy atom. The summed E-state index contributed by atoms with van der Waals surface area (Å²) < 4.78 is 0. The Balaban J connectivity index is 2.16. The van der Waals surface area contributed by atoms with E-state index in [0.717, 1.165) is 18.5 Å². The number of hydrogen-bond donors (Lipinski definition) is 1. The number of hydrogen-bond acceptors (Lipinski definition) is 6. The van der Waals surface area contributed by atoms with Gasteiger partial charge in [-0.05, 0) is 24.5 Å². The summed E-state index contributed by atoms with van der Waals surface area (Å²) in [4.78, 5) is 21.0. The molecule has 1 N–H and O–H groups in total. The molecule has 1 aromatic heterocycles. The van der Waals surface area contributed by atoms with Crippen molar-refractivity contribution in [3.8, 4) is 0 Å². The maximum Gasteiger partial charge on any atom is 0.353 e. The summed E-state index contributed by atoms with van der Waals surface area (Å²) in [5.41, 5.74) is 2.08. The molecular formula is C14H15N5O2. The average molecular weight is 285 g/mol. The minimum absolute atomic E-state index is 0.0864. The minimum Gasteiger partial charge on any atom is -0.367 e. The molecule has 2 aromatic rings. The first-order valence-electron chi connectivity index (χ1n) is 6.75. The van der Waals surface area contributed by atoms with Crippen LogP contribution in [0.2, 0.25) is 0 Å². The van der Waals surface area contributed by atoms with Crippen molar-refractivity contribution >= 4 is 23.0 Å². The highest BCUT2D eigenvalue weighted by atomic mass is 16.6. The van der Waals surface area contributed by atoms with Crippen LogP contribution < -0.4 is 10.2 Å². The molecule has 21 heavy (non-hydrogen) atoms. The highest BCUT2D eigenvalue weighted by Gasteiger charge is 2.29. The maximum absolute atomic E-state index is 11.4. The Hall–Kier alpha value is -2.70. The molecule has 0 saturated heterocycles. The van der Waals surface area contributed by atoms with Gasteiger partial charge in [0.25, 0.3) is 0 Å². The molecular weight excluding hydrogens is 270 g/mol. The highest BCUT2D eigenvalue weighted by molar-refractivity contribution is 5.77. The van der Waals surface area contributed by atoms with E-state index in [1.165, 1.54) is 11.9 Å². The molecule has 0 amide bonds. The standard InChI is InChI=1S/C14H15N5O2/c1-15-13-12(19(20)21)14(17-9-16-13)18-8-4-6-10-5-2-3-7-11(10)18/h2-3,5,7,9H,4,6,8H2,1H3,(H,15,16,17). The molecule has 7 nitrogen and oxygen atoms in total. The molecule has 0 atom stereocenters.